The maximum Gasteiger partial charge on any atom is 0.259 e. The fourth-order valence-electron chi connectivity index (χ4n) is 6.00. The number of benzene rings is 1. The van der Waals surface area contributed by atoms with Crippen LogP contribution >= 0.6 is 0 Å². The number of nitrogens with zero attached hydrogens (tertiary/aromatic N) is 2. The molecule has 2 aromatic rings. The molecule has 0 radical (unpaired) electrons. The first-order valence-corrected chi connectivity index (χ1v) is 17.3. The molecule has 0 bridgehead atoms. The molecule has 1 aromatic carbocycles. The van der Waals surface area contributed by atoms with Crippen molar-refractivity contribution >= 4 is 44.4 Å². The van der Waals surface area contributed by atoms with Crippen LogP contribution in [0.5, 0.6) is 5.88 Å². The summed E-state index contributed by atoms with van der Waals surface area (Å²) in [6, 6.07) is 7.78. The topological polar surface area (TPSA) is 173 Å². The van der Waals surface area contributed by atoms with Crippen molar-refractivity contribution in [2.45, 2.75) is 81.9 Å². The molecule has 13 nitrogen and oxygen atoms in total. The lowest BCUT2D eigenvalue weighted by atomic mass is 9.84. The Hall–Kier alpha value is -4.04. The van der Waals surface area contributed by atoms with E-state index < -0.39 is 68.1 Å². The predicted molar refractivity (Wildman–Crippen MR) is 173 cm³/mol. The molecule has 1 aliphatic heterocycles. The number of aromatic nitrogens is 1. The van der Waals surface area contributed by atoms with E-state index in [0.717, 1.165) is 10.8 Å². The Bertz CT molecular complexity index is 1670. The number of nitrogens with one attached hydrogen (secondary N) is 3. The predicted octanol–water partition coefficient (Wildman–Crippen LogP) is 1.82. The van der Waals surface area contributed by atoms with Gasteiger partial charge < -0.3 is 25.0 Å². The van der Waals surface area contributed by atoms with Crippen LogP contribution < -0.4 is 20.1 Å². The number of hydrogen-bond donors (Lipinski definition) is 3. The fraction of sp³-hybridized carbons (Fsp3) is 0.545. The Morgan fingerprint density at radius 3 is 2.53 bits per heavy atom. The molecule has 254 valence electrons. The van der Waals surface area contributed by atoms with Gasteiger partial charge in [-0.3, -0.25) is 23.9 Å². The quantitative estimate of drug-likeness (QED) is 0.269. The molecular formula is C33H43N5O8S. The van der Waals surface area contributed by atoms with E-state index >= 15 is 0 Å². The Labute approximate surface area is 274 Å². The highest BCUT2D eigenvalue weighted by atomic mass is 32.2. The first-order chi connectivity index (χ1) is 22.2. The van der Waals surface area contributed by atoms with Crippen LogP contribution in [0.3, 0.4) is 0 Å². The summed E-state index contributed by atoms with van der Waals surface area (Å²) in [7, 11) is -2.46. The Balaban J connectivity index is 1.39. The largest absolute Gasteiger partial charge is 0.472 e. The molecule has 2 aliphatic carbocycles. The number of carbonyl (C=O) groups is 4. The summed E-state index contributed by atoms with van der Waals surface area (Å²) in [4.78, 5) is 59.6. The van der Waals surface area contributed by atoms with E-state index in [9.17, 15) is 27.6 Å². The van der Waals surface area contributed by atoms with Gasteiger partial charge in [-0.1, -0.05) is 45.0 Å². The van der Waals surface area contributed by atoms with Gasteiger partial charge in [0.05, 0.1) is 11.8 Å². The Morgan fingerprint density at radius 1 is 1.17 bits per heavy atom. The van der Waals surface area contributed by atoms with Crippen molar-refractivity contribution in [3.05, 3.63) is 49.2 Å². The monoisotopic (exact) mass is 669 g/mol. The van der Waals surface area contributed by atoms with E-state index in [0.29, 0.717) is 18.7 Å². The van der Waals surface area contributed by atoms with Crippen LogP contribution in [-0.4, -0.2) is 91.2 Å². The van der Waals surface area contributed by atoms with Crippen LogP contribution in [0.4, 0.5) is 0 Å². The summed E-state index contributed by atoms with van der Waals surface area (Å²) in [5.74, 6) is -2.34. The number of amides is 4. The third kappa shape index (κ3) is 7.59. The second-order valence-electron chi connectivity index (χ2n) is 13.7. The van der Waals surface area contributed by atoms with Crippen LogP contribution in [-0.2, 0) is 33.9 Å². The second kappa shape index (κ2) is 13.2. The Morgan fingerprint density at radius 2 is 1.89 bits per heavy atom. The lowest BCUT2D eigenvalue weighted by molar-refractivity contribution is -0.140. The highest BCUT2D eigenvalue weighted by molar-refractivity contribution is 7.91. The molecule has 1 aromatic heterocycles. The molecule has 1 saturated heterocycles. The van der Waals surface area contributed by atoms with Gasteiger partial charge in [0.1, 0.15) is 24.3 Å². The number of sulfonamides is 1. The third-order valence-corrected chi connectivity index (χ3v) is 10.9. The lowest BCUT2D eigenvalue weighted by Crippen LogP contribution is -2.57. The summed E-state index contributed by atoms with van der Waals surface area (Å²) >= 11 is 0. The third-order valence-electron chi connectivity index (χ3n) is 9.08. The molecule has 3 N–H and O–H groups in total. The minimum Gasteiger partial charge on any atom is -0.472 e. The van der Waals surface area contributed by atoms with E-state index in [1.807, 2.05) is 51.1 Å². The fourth-order valence-corrected chi connectivity index (χ4v) is 7.37. The van der Waals surface area contributed by atoms with Gasteiger partial charge in [0, 0.05) is 43.5 Å². The standard InChI is InChI=1S/C33H43N5O8S/c1-6-21-17-33(21,31(42)37-47(43,44)23-11-12-23)36-29(41)25-15-22(46-30-24-10-8-7-9-20(24)13-14-34-30)18-38(25)28(40)16-26(32(2,3)4)35-27(39)19-45-5/h6-10,13-14,21-23,25-26H,1,11-12,15-19H2,2-5H3,(H,35,39)(H,36,41)(H,37,42)/t21-,22-,25+,26-,33-/m1/s1. The molecule has 5 atom stereocenters. The van der Waals surface area contributed by atoms with E-state index in [4.69, 9.17) is 9.47 Å². The smallest absolute Gasteiger partial charge is 0.259 e. The van der Waals surface area contributed by atoms with Crippen molar-refractivity contribution in [3.8, 4) is 5.88 Å². The van der Waals surface area contributed by atoms with Crippen LogP contribution in [0.1, 0.15) is 52.9 Å². The molecule has 4 amide bonds. The van der Waals surface area contributed by atoms with Crippen molar-refractivity contribution < 1.29 is 37.1 Å². The summed E-state index contributed by atoms with van der Waals surface area (Å²) < 4.78 is 38.6. The summed E-state index contributed by atoms with van der Waals surface area (Å²) in [5.41, 5.74) is -2.02. The number of rotatable bonds is 13. The summed E-state index contributed by atoms with van der Waals surface area (Å²) in [6.45, 7) is 9.31. The minimum atomic E-state index is -3.86. The maximum atomic E-state index is 14.0. The zero-order chi connectivity index (χ0) is 34.1. The van der Waals surface area contributed by atoms with Gasteiger partial charge in [-0.15, -0.1) is 6.58 Å². The molecule has 14 heteroatoms. The number of ether oxygens (including phenoxy) is 2. The van der Waals surface area contributed by atoms with Crippen LogP contribution in [0.25, 0.3) is 10.8 Å². The van der Waals surface area contributed by atoms with Gasteiger partial charge in [-0.25, -0.2) is 13.4 Å². The average Bonchev–Trinajstić information content (AvgIpc) is 3.93. The van der Waals surface area contributed by atoms with Gasteiger partial charge in [-0.05, 0) is 42.2 Å². The number of fused-ring (bicyclic) bond motifs is 1. The van der Waals surface area contributed by atoms with Crippen LogP contribution in [0.15, 0.2) is 49.2 Å². The van der Waals surface area contributed by atoms with E-state index in [1.165, 1.54) is 18.1 Å². The minimum absolute atomic E-state index is 0.0465. The Kier molecular flexibility index (Phi) is 9.65. The SMILES string of the molecule is C=C[C@@H]1C[C@]1(NC(=O)[C@@H]1C[C@@H](Oc2nccc3ccccc23)CN1C(=O)C[C@@H](NC(=O)COC)C(C)(C)C)C(=O)NS(=O)(=O)C1CC1. The normalized spacial score (nSPS) is 24.7. The van der Waals surface area contributed by atoms with E-state index in [1.54, 1.807) is 6.20 Å². The maximum absolute atomic E-state index is 14.0. The number of hydrogen-bond acceptors (Lipinski definition) is 9. The highest BCUT2D eigenvalue weighted by Crippen LogP contribution is 2.45. The van der Waals surface area contributed by atoms with Crippen molar-refractivity contribution in [2.75, 3.05) is 20.3 Å². The molecule has 2 heterocycles. The first-order valence-electron chi connectivity index (χ1n) is 15.8. The van der Waals surface area contributed by atoms with Crippen molar-refractivity contribution in [2.24, 2.45) is 11.3 Å². The van der Waals surface area contributed by atoms with Crippen molar-refractivity contribution in [1.82, 2.24) is 25.2 Å². The van der Waals surface area contributed by atoms with E-state index in [2.05, 4.69) is 26.9 Å². The number of methoxy groups -OCH3 is 1. The van der Waals surface area contributed by atoms with Gasteiger partial charge in [0.15, 0.2) is 0 Å². The summed E-state index contributed by atoms with van der Waals surface area (Å²) in [5, 5.41) is 6.71. The lowest BCUT2D eigenvalue weighted by Gasteiger charge is -2.33. The molecule has 3 aliphatic rings. The molecule has 3 fully saturated rings. The molecular weight excluding hydrogens is 626 g/mol. The molecule has 47 heavy (non-hydrogen) atoms. The van der Waals surface area contributed by atoms with Crippen LogP contribution in [0, 0.1) is 11.3 Å². The number of likely N-dealkylation sites (tertiary alicyclic amines) is 1. The molecule has 5 rings (SSSR count). The van der Waals surface area contributed by atoms with Crippen molar-refractivity contribution in [3.63, 3.8) is 0 Å². The second-order valence-corrected chi connectivity index (χ2v) is 15.6. The van der Waals surface area contributed by atoms with Gasteiger partial charge in [0.2, 0.25) is 33.6 Å². The zero-order valence-corrected chi connectivity index (χ0v) is 28.0. The van der Waals surface area contributed by atoms with Gasteiger partial charge >= 0.3 is 0 Å². The first kappa shape index (κ1) is 34.3. The molecule has 0 unspecified atom stereocenters. The van der Waals surface area contributed by atoms with E-state index in [-0.39, 0.29) is 38.3 Å². The number of pyridine rings is 1. The molecule has 2 saturated carbocycles. The summed E-state index contributed by atoms with van der Waals surface area (Å²) in [6.07, 6.45) is 3.61. The van der Waals surface area contributed by atoms with Gasteiger partial charge in [-0.2, -0.15) is 0 Å². The van der Waals surface area contributed by atoms with Crippen molar-refractivity contribution in [1.29, 1.82) is 0 Å². The van der Waals surface area contributed by atoms with Crippen LogP contribution in [0.2, 0.25) is 0 Å². The molecule has 0 spiro atoms. The van der Waals surface area contributed by atoms with Gasteiger partial charge in [0.25, 0.3) is 5.91 Å². The highest BCUT2D eigenvalue weighted by Gasteiger charge is 2.62. The number of carbonyl (C=O) groups excluding carboxylic acids is 4. The average molecular weight is 670 g/mol. The zero-order valence-electron chi connectivity index (χ0n) is 27.2.